The molecule has 6 nitrogen and oxygen atoms in total. The van der Waals surface area contributed by atoms with Crippen LogP contribution in [-0.4, -0.2) is 25.6 Å². The summed E-state index contributed by atoms with van der Waals surface area (Å²) in [6.07, 6.45) is 8.69. The first kappa shape index (κ1) is 19.6. The Hall–Kier alpha value is -4.06. The standard InChI is InChI=1S/C27H28N6/c1-16-4-6-18(28-16)19-8-9-20(30-19)21-10-11-22(31-21)23-12-13-25(32-23)27-15-14-26(33(27)3)24-7-5-17(2)29-24/h4-16,25,28-32H,1-3H3/b19-18+,21-20+,23-22+. The van der Waals surface area contributed by atoms with Gasteiger partial charge in [0.2, 0.25) is 0 Å². The van der Waals surface area contributed by atoms with Crippen LogP contribution in [0.3, 0.4) is 0 Å². The molecule has 6 heterocycles. The number of nitrogens with zero attached hydrogens (tertiary/aromatic N) is 1. The number of aryl methyl sites for hydroxylation is 1. The van der Waals surface area contributed by atoms with E-state index in [0.29, 0.717) is 6.04 Å². The normalized spacial score (nSPS) is 23.8. The molecular formula is C27H28N6. The molecule has 0 aliphatic carbocycles. The van der Waals surface area contributed by atoms with E-state index < -0.39 is 0 Å². The van der Waals surface area contributed by atoms with E-state index in [1.807, 2.05) is 0 Å². The molecular weight excluding hydrogens is 408 g/mol. The summed E-state index contributed by atoms with van der Waals surface area (Å²) in [7, 11) is 2.12. The van der Waals surface area contributed by atoms with Gasteiger partial charge in [0, 0.05) is 24.5 Å². The fourth-order valence-electron chi connectivity index (χ4n) is 4.73. The van der Waals surface area contributed by atoms with Crippen molar-refractivity contribution in [1.29, 1.82) is 0 Å². The third-order valence-electron chi connectivity index (χ3n) is 6.53. The van der Waals surface area contributed by atoms with E-state index in [9.17, 15) is 0 Å². The fourth-order valence-corrected chi connectivity index (χ4v) is 4.73. The summed E-state index contributed by atoms with van der Waals surface area (Å²) in [5.74, 6) is 0. The Labute approximate surface area is 191 Å². The zero-order chi connectivity index (χ0) is 22.5. The summed E-state index contributed by atoms with van der Waals surface area (Å²) < 4.78 is 2.25. The average Bonchev–Trinajstić information content (AvgIpc) is 3.58. The highest BCUT2D eigenvalue weighted by Gasteiger charge is 2.19. The van der Waals surface area contributed by atoms with Crippen molar-refractivity contribution in [3.05, 3.63) is 106 Å². The van der Waals surface area contributed by atoms with Crippen LogP contribution in [0.1, 0.15) is 24.4 Å². The van der Waals surface area contributed by atoms with Crippen LogP contribution < -0.4 is 21.3 Å². The predicted molar refractivity (Wildman–Crippen MR) is 132 cm³/mol. The second kappa shape index (κ2) is 7.52. The van der Waals surface area contributed by atoms with Gasteiger partial charge in [-0.1, -0.05) is 12.2 Å². The molecule has 2 aliphatic heterocycles. The first-order chi connectivity index (χ1) is 16.0. The summed E-state index contributed by atoms with van der Waals surface area (Å²) >= 11 is 0. The lowest BCUT2D eigenvalue weighted by Crippen LogP contribution is -2.21. The molecule has 0 amide bonds. The third-order valence-corrected chi connectivity index (χ3v) is 6.53. The number of hydrogen-bond donors (Lipinski definition) is 5. The molecule has 2 unspecified atom stereocenters. The first-order valence-electron chi connectivity index (χ1n) is 11.4. The van der Waals surface area contributed by atoms with Crippen molar-refractivity contribution in [1.82, 2.24) is 30.2 Å². The zero-order valence-electron chi connectivity index (χ0n) is 19.0. The van der Waals surface area contributed by atoms with Crippen LogP contribution in [0, 0.1) is 17.6 Å². The van der Waals surface area contributed by atoms with E-state index in [-0.39, 0.29) is 6.04 Å². The van der Waals surface area contributed by atoms with Gasteiger partial charge in [0.25, 0.3) is 0 Å². The van der Waals surface area contributed by atoms with Crippen LogP contribution in [0.5, 0.6) is 0 Å². The Morgan fingerprint density at radius 2 is 1.36 bits per heavy atom. The molecule has 0 spiro atoms. The Bertz CT molecular complexity index is 1620. The molecule has 0 aromatic carbocycles. The molecule has 0 saturated carbocycles. The van der Waals surface area contributed by atoms with Gasteiger partial charge in [-0.2, -0.15) is 0 Å². The molecule has 4 aromatic heterocycles. The van der Waals surface area contributed by atoms with E-state index in [4.69, 9.17) is 0 Å². The highest BCUT2D eigenvalue weighted by Crippen LogP contribution is 2.28. The van der Waals surface area contributed by atoms with Gasteiger partial charge in [0.15, 0.2) is 0 Å². The zero-order valence-corrected chi connectivity index (χ0v) is 19.0. The molecule has 6 heteroatoms. The van der Waals surface area contributed by atoms with Crippen molar-refractivity contribution in [2.24, 2.45) is 7.05 Å². The van der Waals surface area contributed by atoms with Gasteiger partial charge in [-0.25, -0.2) is 0 Å². The molecule has 33 heavy (non-hydrogen) atoms. The number of hydrogen-bond acceptors (Lipinski definition) is 2. The Kier molecular flexibility index (Phi) is 4.47. The molecule has 2 atom stereocenters. The molecule has 5 N–H and O–H groups in total. The first-order valence-corrected chi connectivity index (χ1v) is 11.4. The van der Waals surface area contributed by atoms with Crippen molar-refractivity contribution >= 4 is 11.4 Å². The smallest absolute Gasteiger partial charge is 0.0854 e. The second-order valence-electron chi connectivity index (χ2n) is 8.93. The van der Waals surface area contributed by atoms with Gasteiger partial charge in [-0.15, -0.1) is 0 Å². The molecule has 0 saturated heterocycles. The quantitative estimate of drug-likeness (QED) is 0.335. The van der Waals surface area contributed by atoms with Crippen molar-refractivity contribution in [3.63, 3.8) is 0 Å². The highest BCUT2D eigenvalue weighted by molar-refractivity contribution is 5.62. The van der Waals surface area contributed by atoms with E-state index in [1.165, 1.54) is 17.1 Å². The maximum absolute atomic E-state index is 3.66. The minimum atomic E-state index is 0.136. The molecule has 6 rings (SSSR count). The van der Waals surface area contributed by atoms with Crippen LogP contribution in [-0.2, 0) is 7.05 Å². The summed E-state index contributed by atoms with van der Waals surface area (Å²) in [4.78, 5) is 10.5. The number of aromatic nitrogens is 4. The van der Waals surface area contributed by atoms with Gasteiger partial charge in [-0.05, 0) is 74.5 Å². The third kappa shape index (κ3) is 3.44. The second-order valence-corrected chi connectivity index (χ2v) is 8.93. The van der Waals surface area contributed by atoms with Gasteiger partial charge < -0.3 is 30.2 Å². The maximum atomic E-state index is 3.66. The van der Waals surface area contributed by atoms with Crippen LogP contribution >= 0.6 is 0 Å². The number of aromatic amines is 3. The minimum absolute atomic E-state index is 0.136. The Morgan fingerprint density at radius 3 is 2.00 bits per heavy atom. The van der Waals surface area contributed by atoms with Gasteiger partial charge in [0.1, 0.15) is 0 Å². The molecule has 2 aliphatic rings. The van der Waals surface area contributed by atoms with E-state index in [0.717, 1.165) is 38.5 Å². The van der Waals surface area contributed by atoms with Crippen LogP contribution in [0.15, 0.2) is 72.8 Å². The number of H-pyrrole nitrogens is 3. The van der Waals surface area contributed by atoms with Crippen LogP contribution in [0.2, 0.25) is 0 Å². The summed E-state index contributed by atoms with van der Waals surface area (Å²) in [5.41, 5.74) is 6.96. The lowest BCUT2D eigenvalue weighted by molar-refractivity contribution is 0.712. The van der Waals surface area contributed by atoms with Crippen LogP contribution in [0.25, 0.3) is 22.8 Å². The fraction of sp³-hybridized carbons (Fsp3) is 0.185. The molecule has 0 bridgehead atoms. The van der Waals surface area contributed by atoms with Gasteiger partial charge in [0.05, 0.1) is 50.2 Å². The molecule has 4 aromatic rings. The summed E-state index contributed by atoms with van der Waals surface area (Å²) in [6, 6.07) is 17.6. The van der Waals surface area contributed by atoms with E-state index in [2.05, 4.69) is 124 Å². The van der Waals surface area contributed by atoms with Crippen molar-refractivity contribution in [2.45, 2.75) is 25.9 Å². The number of nitrogens with one attached hydrogen (secondary N) is 5. The van der Waals surface area contributed by atoms with Crippen LogP contribution in [0.4, 0.5) is 0 Å². The number of rotatable bonds is 2. The lowest BCUT2D eigenvalue weighted by atomic mass is 10.2. The Morgan fingerprint density at radius 1 is 0.697 bits per heavy atom. The maximum Gasteiger partial charge on any atom is 0.0854 e. The molecule has 0 fully saturated rings. The van der Waals surface area contributed by atoms with E-state index >= 15 is 0 Å². The SMILES string of the molecule is Cc1ccc(-c2ccc(C3C=C/C(=c4/cc/c(=c5/cc/c(=C6/C=CC(C)N6)[nH]5)[nH]4)N3)n2C)[nH]1. The summed E-state index contributed by atoms with van der Waals surface area (Å²) in [5, 5.41) is 11.4. The monoisotopic (exact) mass is 436 g/mol. The van der Waals surface area contributed by atoms with Crippen molar-refractivity contribution < 1.29 is 0 Å². The van der Waals surface area contributed by atoms with Crippen molar-refractivity contribution in [2.75, 3.05) is 0 Å². The molecule has 0 radical (unpaired) electrons. The topological polar surface area (TPSA) is 76.4 Å². The highest BCUT2D eigenvalue weighted by atomic mass is 15.0. The predicted octanol–water partition coefficient (Wildman–Crippen LogP) is 2.94. The summed E-state index contributed by atoms with van der Waals surface area (Å²) in [6.45, 7) is 4.23. The van der Waals surface area contributed by atoms with Crippen molar-refractivity contribution in [3.8, 4) is 11.4 Å². The van der Waals surface area contributed by atoms with Gasteiger partial charge >= 0.3 is 0 Å². The molecule has 166 valence electrons. The lowest BCUT2D eigenvalue weighted by Gasteiger charge is -2.14. The minimum Gasteiger partial charge on any atom is -0.377 e. The Balaban J connectivity index is 1.31. The van der Waals surface area contributed by atoms with Gasteiger partial charge in [-0.3, -0.25) is 0 Å². The van der Waals surface area contributed by atoms with E-state index in [1.54, 1.807) is 0 Å². The average molecular weight is 437 g/mol. The largest absolute Gasteiger partial charge is 0.377 e.